The number of hydrogen-bond donors (Lipinski definition) is 0. The molecular weight excluding hydrogens is 841 g/mol. The molecule has 10 aromatic carbocycles. The molecule has 0 unspecified atom stereocenters. The zero-order chi connectivity index (χ0) is 45.9. The van der Waals surface area contributed by atoms with Gasteiger partial charge in [0.2, 0.25) is 0 Å². The first-order chi connectivity index (χ1) is 32.5. The van der Waals surface area contributed by atoms with Crippen molar-refractivity contribution in [3.63, 3.8) is 0 Å². The van der Waals surface area contributed by atoms with Gasteiger partial charge in [0.25, 0.3) is 0 Å². The van der Waals surface area contributed by atoms with Gasteiger partial charge in [0.15, 0.2) is 0 Å². The third-order valence-electron chi connectivity index (χ3n) is 14.3. The normalized spacial score (nSPS) is 13.0. The van der Waals surface area contributed by atoms with E-state index in [0.717, 1.165) is 34.1 Å². The molecule has 0 saturated heterocycles. The van der Waals surface area contributed by atoms with E-state index in [0.29, 0.717) is 0 Å². The van der Waals surface area contributed by atoms with Crippen LogP contribution >= 0.6 is 0 Å². The van der Waals surface area contributed by atoms with Crippen molar-refractivity contribution in [1.29, 1.82) is 0 Å². The highest BCUT2D eigenvalue weighted by Crippen LogP contribution is 2.61. The topological polar surface area (TPSA) is 6.48 Å². The van der Waals surface area contributed by atoms with Crippen molar-refractivity contribution in [3.8, 4) is 33.4 Å². The molecule has 0 heterocycles. The molecule has 0 N–H and O–H groups in total. The number of para-hydroxylation sites is 2. The fourth-order valence-electron chi connectivity index (χ4n) is 11.8. The van der Waals surface area contributed by atoms with Crippen LogP contribution in [-0.4, -0.2) is 16.1 Å². The summed E-state index contributed by atoms with van der Waals surface area (Å²) < 4.78 is -0.0640. The molecule has 67 heavy (non-hydrogen) atoms. The number of hydrogen-bond acceptors (Lipinski definition) is 2. The second-order valence-corrected chi connectivity index (χ2v) is 31.2. The number of rotatable bonds is 10. The first-order valence-electron chi connectivity index (χ1n) is 23.7. The monoisotopic (exact) mass is 896 g/mol. The van der Waals surface area contributed by atoms with Gasteiger partial charge >= 0.3 is 0 Å². The summed E-state index contributed by atoms with van der Waals surface area (Å²) in [5.41, 5.74) is 17.7. The van der Waals surface area contributed by atoms with Gasteiger partial charge in [-0.25, -0.2) is 0 Å². The molecule has 0 atom stereocenters. The lowest BCUT2D eigenvalue weighted by atomic mass is 9.97. The molecule has 0 radical (unpaired) electrons. The van der Waals surface area contributed by atoms with E-state index >= 15 is 0 Å². The van der Waals surface area contributed by atoms with E-state index in [1.807, 2.05) is 0 Å². The minimum atomic E-state index is -2.05. The van der Waals surface area contributed by atoms with Gasteiger partial charge in [-0.1, -0.05) is 197 Å². The summed E-state index contributed by atoms with van der Waals surface area (Å²) in [7, 11) is -4.11. The van der Waals surface area contributed by atoms with Gasteiger partial charge in [0.05, 0.1) is 16.1 Å². The maximum atomic E-state index is 2.64. The Morgan fingerprint density at radius 2 is 0.582 bits per heavy atom. The Labute approximate surface area is 398 Å². The third-order valence-corrected chi connectivity index (χ3v) is 24.3. The Hall–Kier alpha value is -7.25. The number of nitrogens with zero attached hydrogens (tertiary/aromatic N) is 2. The second kappa shape index (κ2) is 16.6. The lowest BCUT2D eigenvalue weighted by Gasteiger charge is -2.52. The summed E-state index contributed by atoms with van der Waals surface area (Å²) in [4.78, 5) is 4.81. The zero-order valence-electron chi connectivity index (χ0n) is 39.3. The maximum Gasteiger partial charge on any atom is 0.0579 e. The summed E-state index contributed by atoms with van der Waals surface area (Å²) in [5.74, 6) is 0. The lowest BCUT2D eigenvalue weighted by molar-refractivity contribution is 0.972. The molecule has 0 aliphatic heterocycles. The first kappa shape index (κ1) is 42.4. The van der Waals surface area contributed by atoms with E-state index in [2.05, 4.69) is 280 Å². The van der Waals surface area contributed by atoms with Crippen LogP contribution in [0.25, 0.3) is 54.9 Å². The van der Waals surface area contributed by atoms with E-state index < -0.39 is 16.1 Å². The van der Waals surface area contributed by atoms with Gasteiger partial charge in [0.1, 0.15) is 0 Å². The van der Waals surface area contributed by atoms with Crippen molar-refractivity contribution < 1.29 is 0 Å². The van der Waals surface area contributed by atoms with Gasteiger partial charge in [-0.05, 0) is 139 Å². The van der Waals surface area contributed by atoms with Gasteiger partial charge in [-0.3, -0.25) is 0 Å². The van der Waals surface area contributed by atoms with Crippen LogP contribution in [0.5, 0.6) is 0 Å². The van der Waals surface area contributed by atoms with Crippen LogP contribution in [0.1, 0.15) is 11.1 Å². The highest BCUT2D eigenvalue weighted by molar-refractivity contribution is 7.00. The Balaban J connectivity index is 1.06. The lowest BCUT2D eigenvalue weighted by Crippen LogP contribution is -2.63. The zero-order valence-corrected chi connectivity index (χ0v) is 41.3. The van der Waals surface area contributed by atoms with Crippen molar-refractivity contribution in [1.82, 2.24) is 0 Å². The molecule has 11 rings (SSSR count). The molecule has 4 heteroatoms. The number of fused-ring (bicyclic) bond motifs is 7. The highest BCUT2D eigenvalue weighted by Gasteiger charge is 2.60. The molecule has 0 aromatic heterocycles. The van der Waals surface area contributed by atoms with Crippen molar-refractivity contribution in [2.75, 3.05) is 9.80 Å². The molecule has 1 aliphatic rings. The summed E-state index contributed by atoms with van der Waals surface area (Å²) in [5, 5.41) is 5.34. The Morgan fingerprint density at radius 3 is 0.925 bits per heavy atom. The number of benzene rings is 10. The second-order valence-electron chi connectivity index (χ2n) is 20.2. The predicted octanol–water partition coefficient (Wildman–Crippen LogP) is 18.3. The summed E-state index contributed by atoms with van der Waals surface area (Å²) >= 11 is 0. The average molecular weight is 897 g/mol. The maximum absolute atomic E-state index is 2.64. The van der Waals surface area contributed by atoms with E-state index in [-0.39, 0.29) is 4.66 Å². The molecule has 2 nitrogen and oxygen atoms in total. The summed E-state index contributed by atoms with van der Waals surface area (Å²) in [6.45, 7) is 15.8. The van der Waals surface area contributed by atoms with Crippen LogP contribution in [0.3, 0.4) is 0 Å². The minimum absolute atomic E-state index is 0.0640. The summed E-state index contributed by atoms with van der Waals surface area (Å²) in [6, 6.07) is 85.2. The highest BCUT2D eigenvalue weighted by atomic mass is 28.4. The quantitative estimate of drug-likeness (QED) is 0.126. The molecule has 0 bridgehead atoms. The largest absolute Gasteiger partial charge is 0.310 e. The van der Waals surface area contributed by atoms with Crippen LogP contribution in [-0.2, 0) is 4.66 Å². The number of anilines is 6. The average Bonchev–Trinajstić information content (AvgIpc) is 3.69. The fraction of sp³-hybridized carbons (Fsp3) is 0.111. The van der Waals surface area contributed by atoms with Crippen LogP contribution in [0.4, 0.5) is 34.1 Å². The standard InChI is InChI=1S/C63H56N2Si2/c1-66(2,3)63(67(4,5)6)61-57-41-37-55(64(51-23-15-9-16-24-51)53-33-27-47(28-34-53)45-19-11-7-12-20-45)43-49(57)31-39-59(61)60-40-32-50-44-56(38-42-58(50)62(60)63)65(52-25-17-10-18-26-52)54-35-29-48(30-36-54)46-21-13-8-14-22-46/h7-44H,1-6H3. The molecular formula is C63H56N2Si2. The molecule has 0 fully saturated rings. The van der Waals surface area contributed by atoms with Crippen molar-refractivity contribution in [2.24, 2.45) is 0 Å². The Bertz CT molecular complexity index is 3160. The molecule has 0 amide bonds. The molecule has 0 saturated carbocycles. The van der Waals surface area contributed by atoms with Crippen LogP contribution in [0.15, 0.2) is 231 Å². The van der Waals surface area contributed by atoms with E-state index in [4.69, 9.17) is 0 Å². The summed E-state index contributed by atoms with van der Waals surface area (Å²) in [6.07, 6.45) is 0. The Morgan fingerprint density at radius 1 is 0.284 bits per heavy atom. The van der Waals surface area contributed by atoms with Crippen molar-refractivity contribution >= 4 is 71.8 Å². The van der Waals surface area contributed by atoms with Crippen LogP contribution < -0.4 is 9.80 Å². The first-order valence-corrected chi connectivity index (χ1v) is 30.7. The van der Waals surface area contributed by atoms with Gasteiger partial charge < -0.3 is 9.80 Å². The molecule has 326 valence electrons. The van der Waals surface area contributed by atoms with E-state index in [9.17, 15) is 0 Å². The Kier molecular flexibility index (Phi) is 10.5. The van der Waals surface area contributed by atoms with Gasteiger partial charge in [-0.15, -0.1) is 0 Å². The molecule has 0 spiro atoms. The molecule has 1 aliphatic carbocycles. The van der Waals surface area contributed by atoms with E-state index in [1.165, 1.54) is 54.9 Å². The predicted molar refractivity (Wildman–Crippen MR) is 295 cm³/mol. The molecule has 10 aromatic rings. The van der Waals surface area contributed by atoms with Gasteiger partial charge in [-0.2, -0.15) is 0 Å². The third kappa shape index (κ3) is 7.14. The smallest absolute Gasteiger partial charge is 0.0579 e. The van der Waals surface area contributed by atoms with Crippen LogP contribution in [0.2, 0.25) is 39.3 Å². The SMILES string of the molecule is C[Si](C)(C)C1([Si](C)(C)C)c2c(ccc3cc(N(c4ccccc4)c4ccc(-c5ccccc5)cc4)ccc23)-c2ccc3cc(N(c4ccccc4)c4ccc(-c5ccccc5)cc4)ccc3c21. The fourth-order valence-corrected chi connectivity index (χ4v) is 24.9. The van der Waals surface area contributed by atoms with Gasteiger partial charge in [0, 0.05) is 38.8 Å². The van der Waals surface area contributed by atoms with Crippen molar-refractivity contribution in [2.45, 2.75) is 43.9 Å². The van der Waals surface area contributed by atoms with Crippen LogP contribution in [0, 0.1) is 0 Å². The van der Waals surface area contributed by atoms with Crippen molar-refractivity contribution in [3.05, 3.63) is 242 Å². The minimum Gasteiger partial charge on any atom is -0.310 e. The van der Waals surface area contributed by atoms with E-state index in [1.54, 1.807) is 11.1 Å².